The summed E-state index contributed by atoms with van der Waals surface area (Å²) in [5.41, 5.74) is 7.74. The minimum atomic E-state index is 0.919. The van der Waals surface area contributed by atoms with Crippen LogP contribution in [0.15, 0.2) is 96.2 Å². The Morgan fingerprint density at radius 1 is 0.784 bits per heavy atom. The molecule has 0 bridgehead atoms. The fraction of sp³-hybridized carbons (Fsp3) is 0.286. The molecule has 0 fully saturated rings. The predicted molar refractivity (Wildman–Crippen MR) is 163 cm³/mol. The van der Waals surface area contributed by atoms with Crippen molar-refractivity contribution in [3.8, 4) is 0 Å². The first-order valence-corrected chi connectivity index (χ1v) is 13.6. The van der Waals surface area contributed by atoms with Crippen LogP contribution >= 0.6 is 0 Å². The molecule has 1 aromatic heterocycles. The van der Waals surface area contributed by atoms with Gasteiger partial charge >= 0.3 is 0 Å². The van der Waals surface area contributed by atoms with E-state index in [2.05, 4.69) is 141 Å². The van der Waals surface area contributed by atoms with Crippen LogP contribution in [-0.4, -0.2) is 13.1 Å². The molecule has 4 rings (SSSR count). The molecule has 0 atom stereocenters. The lowest BCUT2D eigenvalue weighted by Gasteiger charge is -2.23. The van der Waals surface area contributed by atoms with Crippen molar-refractivity contribution in [2.75, 3.05) is 18.0 Å². The second-order valence-electron chi connectivity index (χ2n) is 10.4. The summed E-state index contributed by atoms with van der Waals surface area (Å²) in [6.07, 6.45) is 13.7. The van der Waals surface area contributed by atoms with Gasteiger partial charge in [-0.2, -0.15) is 4.57 Å². The normalized spacial score (nSPS) is 11.3. The SMILES string of the molecule is CCCC[n+]1ccc(/C=C/c2ccc3cc(N(CC=C(C)C)CC=C(C)C)ccc3c2)c2ccccc21. The van der Waals surface area contributed by atoms with Gasteiger partial charge in [-0.3, -0.25) is 0 Å². The highest BCUT2D eigenvalue weighted by Gasteiger charge is 2.10. The Bertz CT molecular complexity index is 1430. The zero-order valence-corrected chi connectivity index (χ0v) is 23.2. The van der Waals surface area contributed by atoms with Crippen molar-refractivity contribution < 1.29 is 4.57 Å². The van der Waals surface area contributed by atoms with Crippen molar-refractivity contribution in [3.05, 3.63) is 107 Å². The van der Waals surface area contributed by atoms with Crippen LogP contribution in [0.2, 0.25) is 0 Å². The smallest absolute Gasteiger partial charge is 0.213 e. The standard InChI is InChI=1S/C35H41N2/c1-6-7-21-37-24-20-30(34-10-8-9-11-35(34)37)14-12-29-13-15-32-26-33(17-16-31(32)25-29)36(22-18-27(2)3)23-19-28(4)5/h8-20,24-26H,6-7,21-23H2,1-5H3/q+1. The number of pyridine rings is 1. The quantitative estimate of drug-likeness (QED) is 0.159. The molecule has 190 valence electrons. The van der Waals surface area contributed by atoms with Gasteiger partial charge in [-0.05, 0) is 73.9 Å². The Morgan fingerprint density at radius 3 is 2.22 bits per heavy atom. The van der Waals surface area contributed by atoms with Gasteiger partial charge in [0.25, 0.3) is 0 Å². The molecular weight excluding hydrogens is 448 g/mol. The molecule has 0 unspecified atom stereocenters. The van der Waals surface area contributed by atoms with Crippen LogP contribution in [0.1, 0.15) is 58.6 Å². The predicted octanol–water partition coefficient (Wildman–Crippen LogP) is 8.99. The maximum absolute atomic E-state index is 2.43. The van der Waals surface area contributed by atoms with Crippen molar-refractivity contribution in [1.82, 2.24) is 0 Å². The first-order valence-electron chi connectivity index (χ1n) is 13.6. The topological polar surface area (TPSA) is 7.12 Å². The first-order chi connectivity index (χ1) is 17.9. The lowest BCUT2D eigenvalue weighted by molar-refractivity contribution is -0.671. The van der Waals surface area contributed by atoms with E-state index in [0.717, 1.165) is 19.6 Å². The van der Waals surface area contributed by atoms with E-state index in [1.165, 1.54) is 62.5 Å². The van der Waals surface area contributed by atoms with E-state index in [0.29, 0.717) is 0 Å². The highest BCUT2D eigenvalue weighted by molar-refractivity contribution is 5.91. The molecule has 0 aliphatic rings. The molecule has 0 saturated carbocycles. The minimum absolute atomic E-state index is 0.919. The highest BCUT2D eigenvalue weighted by Crippen LogP contribution is 2.25. The van der Waals surface area contributed by atoms with E-state index in [9.17, 15) is 0 Å². The number of unbranched alkanes of at least 4 members (excludes halogenated alkanes) is 1. The van der Waals surface area contributed by atoms with Gasteiger partial charge in [0.1, 0.15) is 6.54 Å². The van der Waals surface area contributed by atoms with Crippen molar-refractivity contribution in [2.45, 2.75) is 54.0 Å². The number of allylic oxidation sites excluding steroid dienone is 2. The van der Waals surface area contributed by atoms with E-state index in [-0.39, 0.29) is 0 Å². The van der Waals surface area contributed by atoms with Crippen LogP contribution in [0, 0.1) is 0 Å². The van der Waals surface area contributed by atoms with Crippen molar-refractivity contribution in [2.24, 2.45) is 0 Å². The Balaban J connectivity index is 1.60. The van der Waals surface area contributed by atoms with Crippen LogP contribution in [0.4, 0.5) is 5.69 Å². The van der Waals surface area contributed by atoms with Gasteiger partial charge < -0.3 is 4.90 Å². The number of aryl methyl sites for hydroxylation is 1. The Labute approximate surface area is 223 Å². The molecule has 2 nitrogen and oxygen atoms in total. The Kier molecular flexibility index (Phi) is 8.95. The second-order valence-corrected chi connectivity index (χ2v) is 10.4. The molecule has 0 N–H and O–H groups in total. The Morgan fingerprint density at radius 2 is 1.49 bits per heavy atom. The van der Waals surface area contributed by atoms with Gasteiger partial charge in [0.15, 0.2) is 6.20 Å². The number of rotatable bonds is 10. The van der Waals surface area contributed by atoms with Crippen LogP contribution in [0.3, 0.4) is 0 Å². The van der Waals surface area contributed by atoms with Crippen LogP contribution in [-0.2, 0) is 6.54 Å². The minimum Gasteiger partial charge on any atom is -0.364 e. The molecule has 0 aliphatic heterocycles. The van der Waals surface area contributed by atoms with E-state index in [1.54, 1.807) is 0 Å². The van der Waals surface area contributed by atoms with Crippen molar-refractivity contribution in [1.29, 1.82) is 0 Å². The molecule has 0 saturated heterocycles. The van der Waals surface area contributed by atoms with Gasteiger partial charge in [-0.1, -0.05) is 79.1 Å². The fourth-order valence-electron chi connectivity index (χ4n) is 4.59. The summed E-state index contributed by atoms with van der Waals surface area (Å²) in [6.45, 7) is 13.8. The van der Waals surface area contributed by atoms with Crippen molar-refractivity contribution in [3.63, 3.8) is 0 Å². The van der Waals surface area contributed by atoms with Crippen LogP contribution in [0.5, 0.6) is 0 Å². The molecule has 0 radical (unpaired) electrons. The fourth-order valence-corrected chi connectivity index (χ4v) is 4.59. The number of nitrogens with zero attached hydrogens (tertiary/aromatic N) is 2. The van der Waals surface area contributed by atoms with Gasteiger partial charge in [-0.15, -0.1) is 0 Å². The number of hydrogen-bond acceptors (Lipinski definition) is 1. The van der Waals surface area contributed by atoms with E-state index in [4.69, 9.17) is 0 Å². The van der Waals surface area contributed by atoms with Crippen LogP contribution in [0.25, 0.3) is 33.8 Å². The van der Waals surface area contributed by atoms with Crippen LogP contribution < -0.4 is 9.47 Å². The number of para-hydroxylation sites is 1. The average Bonchev–Trinajstić information content (AvgIpc) is 2.90. The summed E-state index contributed by atoms with van der Waals surface area (Å²) in [5, 5.41) is 3.84. The van der Waals surface area contributed by atoms with E-state index < -0.39 is 0 Å². The molecular formula is C35H41N2+. The summed E-state index contributed by atoms with van der Waals surface area (Å²) >= 11 is 0. The third kappa shape index (κ3) is 6.98. The molecule has 2 heteroatoms. The third-order valence-electron chi connectivity index (χ3n) is 6.82. The second kappa shape index (κ2) is 12.5. The molecule has 37 heavy (non-hydrogen) atoms. The lowest BCUT2D eigenvalue weighted by atomic mass is 10.0. The maximum Gasteiger partial charge on any atom is 0.213 e. The summed E-state index contributed by atoms with van der Waals surface area (Å²) in [6, 6.07) is 24.6. The summed E-state index contributed by atoms with van der Waals surface area (Å²) < 4.78 is 2.38. The van der Waals surface area contributed by atoms with Gasteiger partial charge in [0.2, 0.25) is 5.52 Å². The lowest BCUT2D eigenvalue weighted by Crippen LogP contribution is -2.34. The van der Waals surface area contributed by atoms with Crippen molar-refractivity contribution >= 4 is 39.5 Å². The Hall–Kier alpha value is -3.65. The number of hydrogen-bond donors (Lipinski definition) is 0. The third-order valence-corrected chi connectivity index (χ3v) is 6.82. The molecule has 4 aromatic rings. The molecule has 0 amide bonds. The zero-order chi connectivity index (χ0) is 26.2. The average molecular weight is 490 g/mol. The molecule has 3 aromatic carbocycles. The molecule has 0 aliphatic carbocycles. The molecule has 1 heterocycles. The zero-order valence-electron chi connectivity index (χ0n) is 23.2. The molecule has 0 spiro atoms. The van der Waals surface area contributed by atoms with Gasteiger partial charge in [0.05, 0.1) is 5.39 Å². The number of aromatic nitrogens is 1. The van der Waals surface area contributed by atoms with Gasteiger partial charge in [-0.25, -0.2) is 0 Å². The van der Waals surface area contributed by atoms with E-state index in [1.807, 2.05) is 0 Å². The number of benzene rings is 3. The van der Waals surface area contributed by atoms with Gasteiger partial charge in [0, 0.05) is 37.3 Å². The van der Waals surface area contributed by atoms with E-state index >= 15 is 0 Å². The summed E-state index contributed by atoms with van der Waals surface area (Å²) in [7, 11) is 0. The number of fused-ring (bicyclic) bond motifs is 2. The monoisotopic (exact) mass is 489 g/mol. The summed E-state index contributed by atoms with van der Waals surface area (Å²) in [4.78, 5) is 2.43. The highest BCUT2D eigenvalue weighted by atomic mass is 15.1. The number of anilines is 1. The maximum atomic E-state index is 2.43. The first kappa shape index (κ1) is 26.4. The summed E-state index contributed by atoms with van der Waals surface area (Å²) in [5.74, 6) is 0. The largest absolute Gasteiger partial charge is 0.364 e.